The molecule has 0 heterocycles. The van der Waals surface area contributed by atoms with Crippen LogP contribution in [0.2, 0.25) is 0 Å². The van der Waals surface area contributed by atoms with Crippen molar-refractivity contribution in [2.24, 2.45) is 0 Å². The molecule has 1 N–H and O–H groups in total. The summed E-state index contributed by atoms with van der Waals surface area (Å²) in [4.78, 5) is 0. The molecule has 5 heteroatoms. The lowest BCUT2D eigenvalue weighted by atomic mass is 10.1. The van der Waals surface area contributed by atoms with Gasteiger partial charge in [0.1, 0.15) is 11.6 Å². The highest BCUT2D eigenvalue weighted by molar-refractivity contribution is 9.10. The van der Waals surface area contributed by atoms with E-state index in [2.05, 4.69) is 28.2 Å². The van der Waals surface area contributed by atoms with Crippen molar-refractivity contribution >= 4 is 15.9 Å². The molecule has 0 saturated heterocycles. The largest absolute Gasteiger partial charge is 0.496 e. The minimum atomic E-state index is -0.316. The number of hydrogen-bond donors (Lipinski definition) is 1. The van der Waals surface area contributed by atoms with Gasteiger partial charge in [-0.3, -0.25) is 0 Å². The molecule has 0 unspecified atom stereocenters. The van der Waals surface area contributed by atoms with Gasteiger partial charge in [0.15, 0.2) is 0 Å². The highest BCUT2D eigenvalue weighted by Crippen LogP contribution is 2.26. The Kier molecular flexibility index (Phi) is 7.23. The summed E-state index contributed by atoms with van der Waals surface area (Å²) in [5, 5.41) is 3.18. The van der Waals surface area contributed by atoms with Gasteiger partial charge in [-0.05, 0) is 40.5 Å². The minimum absolute atomic E-state index is 0.316. The van der Waals surface area contributed by atoms with Crippen molar-refractivity contribution in [1.29, 1.82) is 0 Å². The third kappa shape index (κ3) is 4.92. The average Bonchev–Trinajstić information content (AvgIpc) is 2.37. The maximum absolute atomic E-state index is 13.3. The van der Waals surface area contributed by atoms with E-state index in [0.29, 0.717) is 29.9 Å². The molecule has 0 atom stereocenters. The van der Waals surface area contributed by atoms with Gasteiger partial charge in [-0.1, -0.05) is 6.92 Å². The fourth-order valence-electron chi connectivity index (χ4n) is 1.56. The molecule has 1 aromatic carbocycles. The summed E-state index contributed by atoms with van der Waals surface area (Å²) in [6, 6.07) is 3.12. The number of rotatable bonds is 8. The molecule has 0 bridgehead atoms. The molecular formula is C13H19BrFNO2. The van der Waals surface area contributed by atoms with Crippen LogP contribution in [0.15, 0.2) is 16.6 Å². The fourth-order valence-corrected chi connectivity index (χ4v) is 1.95. The predicted molar refractivity (Wildman–Crippen MR) is 73.7 cm³/mol. The van der Waals surface area contributed by atoms with Crippen LogP contribution in [0.3, 0.4) is 0 Å². The van der Waals surface area contributed by atoms with Crippen LogP contribution in [0.25, 0.3) is 0 Å². The Morgan fingerprint density at radius 1 is 1.33 bits per heavy atom. The number of halogens is 2. The Hall–Kier alpha value is -0.650. The number of nitrogens with one attached hydrogen (secondary N) is 1. The summed E-state index contributed by atoms with van der Waals surface area (Å²) in [5.74, 6) is 0.245. The Balaban J connectivity index is 2.43. The summed E-state index contributed by atoms with van der Waals surface area (Å²) in [7, 11) is 1.54. The van der Waals surface area contributed by atoms with E-state index in [1.54, 1.807) is 6.07 Å². The lowest BCUT2D eigenvalue weighted by Crippen LogP contribution is -2.19. The number of ether oxygens (including phenoxy) is 2. The molecule has 0 aromatic heterocycles. The van der Waals surface area contributed by atoms with Gasteiger partial charge < -0.3 is 14.8 Å². The maximum atomic E-state index is 13.3. The number of benzene rings is 1. The topological polar surface area (TPSA) is 30.5 Å². The van der Waals surface area contributed by atoms with E-state index in [1.807, 2.05) is 0 Å². The predicted octanol–water partition coefficient (Wildman–Crippen LogP) is 2.77. The smallest absolute Gasteiger partial charge is 0.141 e. The van der Waals surface area contributed by atoms with Crippen molar-refractivity contribution in [2.75, 3.05) is 33.4 Å². The van der Waals surface area contributed by atoms with E-state index >= 15 is 0 Å². The summed E-state index contributed by atoms with van der Waals surface area (Å²) in [5.41, 5.74) is 0.939. The van der Waals surface area contributed by atoms with Crippen molar-refractivity contribution in [3.63, 3.8) is 0 Å². The van der Waals surface area contributed by atoms with Crippen molar-refractivity contribution in [2.45, 2.75) is 13.3 Å². The van der Waals surface area contributed by atoms with Crippen LogP contribution in [0.4, 0.5) is 4.39 Å². The molecule has 0 aliphatic carbocycles. The monoisotopic (exact) mass is 319 g/mol. The third-order valence-electron chi connectivity index (χ3n) is 2.51. The highest BCUT2D eigenvalue weighted by atomic mass is 79.9. The number of hydrogen-bond acceptors (Lipinski definition) is 3. The van der Waals surface area contributed by atoms with Crippen molar-refractivity contribution in [3.8, 4) is 5.75 Å². The summed E-state index contributed by atoms with van der Waals surface area (Å²) in [6.45, 7) is 5.13. The second-order valence-corrected chi connectivity index (χ2v) is 4.65. The lowest BCUT2D eigenvalue weighted by Gasteiger charge is -2.10. The van der Waals surface area contributed by atoms with Gasteiger partial charge in [-0.15, -0.1) is 0 Å². The van der Waals surface area contributed by atoms with Gasteiger partial charge >= 0.3 is 0 Å². The van der Waals surface area contributed by atoms with Crippen LogP contribution in [-0.2, 0) is 11.2 Å². The Morgan fingerprint density at radius 2 is 2.11 bits per heavy atom. The second-order valence-electron chi connectivity index (χ2n) is 3.79. The first-order valence-corrected chi connectivity index (χ1v) is 6.78. The zero-order valence-corrected chi connectivity index (χ0v) is 12.3. The minimum Gasteiger partial charge on any atom is -0.496 e. The first-order valence-electron chi connectivity index (χ1n) is 5.99. The van der Waals surface area contributed by atoms with E-state index in [4.69, 9.17) is 9.47 Å². The molecule has 0 spiro atoms. The van der Waals surface area contributed by atoms with Gasteiger partial charge in [0, 0.05) is 12.6 Å². The third-order valence-corrected chi connectivity index (χ3v) is 3.12. The summed E-state index contributed by atoms with van der Waals surface area (Å²) in [6.07, 6.45) is 0.703. The van der Waals surface area contributed by atoms with E-state index < -0.39 is 0 Å². The molecule has 1 rings (SSSR count). The molecule has 1 aromatic rings. The molecule has 18 heavy (non-hydrogen) atoms. The van der Waals surface area contributed by atoms with Crippen LogP contribution >= 0.6 is 15.9 Å². The van der Waals surface area contributed by atoms with E-state index in [9.17, 15) is 4.39 Å². The van der Waals surface area contributed by atoms with Gasteiger partial charge in [0.05, 0.1) is 24.8 Å². The molecular weight excluding hydrogens is 301 g/mol. The van der Waals surface area contributed by atoms with Crippen LogP contribution in [0, 0.1) is 5.82 Å². The summed E-state index contributed by atoms with van der Waals surface area (Å²) >= 11 is 3.17. The van der Waals surface area contributed by atoms with Gasteiger partial charge in [-0.25, -0.2) is 4.39 Å². The van der Waals surface area contributed by atoms with Gasteiger partial charge in [-0.2, -0.15) is 0 Å². The fraction of sp³-hybridized carbons (Fsp3) is 0.538. The normalized spacial score (nSPS) is 10.7. The SMILES string of the molecule is CCNCCOCCc1cc(Br)c(F)cc1OC. The Labute approximate surface area is 116 Å². The van der Waals surface area contributed by atoms with E-state index in [1.165, 1.54) is 13.2 Å². The van der Waals surface area contributed by atoms with Crippen LogP contribution in [0.5, 0.6) is 5.75 Å². The summed E-state index contributed by atoms with van der Waals surface area (Å²) < 4.78 is 24.4. The van der Waals surface area contributed by atoms with Crippen LogP contribution in [0.1, 0.15) is 12.5 Å². The van der Waals surface area contributed by atoms with Crippen LogP contribution < -0.4 is 10.1 Å². The van der Waals surface area contributed by atoms with Crippen molar-refractivity contribution in [1.82, 2.24) is 5.32 Å². The average molecular weight is 320 g/mol. The molecule has 102 valence electrons. The molecule has 0 aliphatic heterocycles. The Bertz CT molecular complexity index is 374. The van der Waals surface area contributed by atoms with Crippen LogP contribution in [-0.4, -0.2) is 33.4 Å². The molecule has 0 aliphatic rings. The molecule has 0 radical (unpaired) electrons. The lowest BCUT2D eigenvalue weighted by molar-refractivity contribution is 0.139. The maximum Gasteiger partial charge on any atom is 0.141 e. The molecule has 3 nitrogen and oxygen atoms in total. The van der Waals surface area contributed by atoms with Gasteiger partial charge in [0.25, 0.3) is 0 Å². The quantitative estimate of drug-likeness (QED) is 0.747. The van der Waals surface area contributed by atoms with Crippen molar-refractivity contribution < 1.29 is 13.9 Å². The molecule has 0 fully saturated rings. The molecule has 0 saturated carbocycles. The zero-order valence-electron chi connectivity index (χ0n) is 10.8. The number of likely N-dealkylation sites (N-methyl/N-ethyl adjacent to an activating group) is 1. The first-order chi connectivity index (χ1) is 8.69. The standard InChI is InChI=1S/C13H19BrFNO2/c1-3-16-5-7-18-6-4-10-8-11(14)12(15)9-13(10)17-2/h8-9,16H,3-7H2,1-2H3. The first kappa shape index (κ1) is 15.4. The van der Waals surface area contributed by atoms with Gasteiger partial charge in [0.2, 0.25) is 0 Å². The molecule has 0 amide bonds. The van der Waals surface area contributed by atoms with Crippen molar-refractivity contribution in [3.05, 3.63) is 28.0 Å². The second kappa shape index (κ2) is 8.45. The Morgan fingerprint density at radius 3 is 2.78 bits per heavy atom. The van der Waals surface area contributed by atoms with E-state index in [0.717, 1.165) is 18.7 Å². The zero-order chi connectivity index (χ0) is 13.4. The number of methoxy groups -OCH3 is 1. The van der Waals surface area contributed by atoms with E-state index in [-0.39, 0.29) is 5.82 Å². The highest BCUT2D eigenvalue weighted by Gasteiger charge is 2.08.